The van der Waals surface area contributed by atoms with Gasteiger partial charge in [-0.1, -0.05) is 18.2 Å². The molecule has 0 radical (unpaired) electrons. The third kappa shape index (κ3) is 3.34. The number of nitrogens with zero attached hydrogens (tertiary/aromatic N) is 2. The van der Waals surface area contributed by atoms with E-state index in [1.165, 1.54) is 16.6 Å². The number of hydrogen-bond donors (Lipinski definition) is 2. The second-order valence-corrected chi connectivity index (χ2v) is 8.19. The number of piperidine rings is 1. The van der Waals surface area contributed by atoms with Crippen LogP contribution in [0.1, 0.15) is 31.4 Å². The number of ether oxygens (including phenoxy) is 1. The average Bonchev–Trinajstić information content (AvgIpc) is 3.04. The average molecular weight is 386 g/mol. The maximum Gasteiger partial charge on any atom is 0.224 e. The summed E-state index contributed by atoms with van der Waals surface area (Å²) in [5.41, 5.74) is 2.11. The molecule has 0 bridgehead atoms. The molecule has 6 heteroatoms. The van der Waals surface area contributed by atoms with Crippen molar-refractivity contribution in [2.75, 3.05) is 26.3 Å². The van der Waals surface area contributed by atoms with Gasteiger partial charge < -0.3 is 24.4 Å². The summed E-state index contributed by atoms with van der Waals surface area (Å²) in [6, 6.07) is 10.4. The maximum atomic E-state index is 12.8. The Bertz CT molecular complexity index is 838. The van der Waals surface area contributed by atoms with E-state index in [1.807, 2.05) is 17.0 Å². The number of aromatic nitrogens is 1. The lowest BCUT2D eigenvalue weighted by atomic mass is 9.58. The number of carbonyl (C=O) groups excluding carboxylic acids is 1. The SMILES string of the molecule is Cc1cc2ccccc2n1CCC(=O)N1CCC2(CC1)[C@H](O)C[C@@H]2OCCO. The standard InChI is InChI=1S/C22H30N2O4/c1-16-14-17-4-2-3-5-18(17)24(16)9-6-21(27)23-10-7-22(8-11-23)19(26)15-20(22)28-13-12-25/h2-5,14,19-20,25-26H,6-13,15H2,1H3/t19-,20+/m1/s1. The molecule has 1 aromatic carbocycles. The zero-order valence-electron chi connectivity index (χ0n) is 16.5. The number of benzene rings is 1. The smallest absolute Gasteiger partial charge is 0.224 e. The fourth-order valence-electron chi connectivity index (χ4n) is 4.99. The number of hydrogen-bond acceptors (Lipinski definition) is 4. The Labute approximate surface area is 165 Å². The molecule has 2 atom stereocenters. The summed E-state index contributed by atoms with van der Waals surface area (Å²) < 4.78 is 7.94. The Morgan fingerprint density at radius 3 is 2.75 bits per heavy atom. The van der Waals surface area contributed by atoms with Gasteiger partial charge >= 0.3 is 0 Å². The van der Waals surface area contributed by atoms with Crippen LogP contribution in [0.25, 0.3) is 10.9 Å². The first-order valence-electron chi connectivity index (χ1n) is 10.3. The molecule has 2 fully saturated rings. The molecule has 1 aliphatic carbocycles. The van der Waals surface area contributed by atoms with Crippen LogP contribution in [0.4, 0.5) is 0 Å². The normalized spacial score (nSPS) is 23.9. The molecule has 1 aromatic heterocycles. The van der Waals surface area contributed by atoms with E-state index in [4.69, 9.17) is 9.84 Å². The van der Waals surface area contributed by atoms with E-state index in [1.54, 1.807) is 0 Å². The van der Waals surface area contributed by atoms with Crippen molar-refractivity contribution in [2.24, 2.45) is 5.41 Å². The Morgan fingerprint density at radius 2 is 2.04 bits per heavy atom. The highest BCUT2D eigenvalue weighted by molar-refractivity contribution is 5.82. The molecule has 152 valence electrons. The number of carbonyl (C=O) groups is 1. The summed E-state index contributed by atoms with van der Waals surface area (Å²) in [5.74, 6) is 0.175. The largest absolute Gasteiger partial charge is 0.394 e. The van der Waals surface area contributed by atoms with E-state index in [-0.39, 0.29) is 30.1 Å². The lowest BCUT2D eigenvalue weighted by Crippen LogP contribution is -2.62. The Kier molecular flexibility index (Phi) is 5.45. The molecule has 6 nitrogen and oxygen atoms in total. The van der Waals surface area contributed by atoms with Crippen molar-refractivity contribution in [3.8, 4) is 0 Å². The van der Waals surface area contributed by atoms with Gasteiger partial charge in [0.25, 0.3) is 0 Å². The fourth-order valence-corrected chi connectivity index (χ4v) is 4.99. The summed E-state index contributed by atoms with van der Waals surface area (Å²) in [5, 5.41) is 20.5. The van der Waals surface area contributed by atoms with Crippen molar-refractivity contribution in [3.63, 3.8) is 0 Å². The highest BCUT2D eigenvalue weighted by atomic mass is 16.5. The zero-order valence-corrected chi connectivity index (χ0v) is 16.5. The molecule has 1 saturated carbocycles. The van der Waals surface area contributed by atoms with Crippen molar-refractivity contribution >= 4 is 16.8 Å². The first-order valence-corrected chi connectivity index (χ1v) is 10.3. The van der Waals surface area contributed by atoms with Gasteiger partial charge in [-0.15, -0.1) is 0 Å². The van der Waals surface area contributed by atoms with Crippen molar-refractivity contribution < 1.29 is 19.7 Å². The maximum absolute atomic E-state index is 12.8. The third-order valence-corrected chi connectivity index (χ3v) is 6.77. The van der Waals surface area contributed by atoms with Gasteiger partial charge in [0.05, 0.1) is 25.4 Å². The minimum Gasteiger partial charge on any atom is -0.394 e. The lowest BCUT2D eigenvalue weighted by molar-refractivity contribution is -0.213. The van der Waals surface area contributed by atoms with Gasteiger partial charge in [0.15, 0.2) is 0 Å². The minimum absolute atomic E-state index is 0.000732. The highest BCUT2D eigenvalue weighted by Crippen LogP contribution is 2.51. The van der Waals surface area contributed by atoms with Crippen molar-refractivity contribution in [2.45, 2.75) is 51.4 Å². The van der Waals surface area contributed by atoms with Gasteiger partial charge in [-0.2, -0.15) is 0 Å². The molecule has 1 spiro atoms. The Hall–Kier alpha value is -1.89. The third-order valence-electron chi connectivity index (χ3n) is 6.77. The summed E-state index contributed by atoms with van der Waals surface area (Å²) >= 11 is 0. The molecule has 2 aromatic rings. The summed E-state index contributed by atoms with van der Waals surface area (Å²) in [7, 11) is 0. The molecule has 28 heavy (non-hydrogen) atoms. The topological polar surface area (TPSA) is 74.9 Å². The molecular formula is C22H30N2O4. The van der Waals surface area contributed by atoms with Crippen LogP contribution in [-0.2, 0) is 16.1 Å². The predicted octanol–water partition coefficient (Wildman–Crippen LogP) is 2.09. The van der Waals surface area contributed by atoms with Gasteiger partial charge in [-0.3, -0.25) is 4.79 Å². The molecule has 0 unspecified atom stereocenters. The summed E-state index contributed by atoms with van der Waals surface area (Å²) in [4.78, 5) is 14.7. The number of likely N-dealkylation sites (tertiary alicyclic amines) is 1. The van der Waals surface area contributed by atoms with Crippen LogP contribution >= 0.6 is 0 Å². The monoisotopic (exact) mass is 386 g/mol. The summed E-state index contributed by atoms with van der Waals surface area (Å²) in [6.45, 7) is 4.41. The fraction of sp³-hybridized carbons (Fsp3) is 0.591. The van der Waals surface area contributed by atoms with Crippen LogP contribution < -0.4 is 0 Å². The van der Waals surface area contributed by atoms with E-state index < -0.39 is 0 Å². The second-order valence-electron chi connectivity index (χ2n) is 8.19. The van der Waals surface area contributed by atoms with Crippen LogP contribution in [0.5, 0.6) is 0 Å². The summed E-state index contributed by atoms with van der Waals surface area (Å²) in [6.07, 6.45) is 2.29. The van der Waals surface area contributed by atoms with Crippen LogP contribution in [0.15, 0.2) is 30.3 Å². The molecule has 4 rings (SSSR count). The number of fused-ring (bicyclic) bond motifs is 1. The van der Waals surface area contributed by atoms with Crippen LogP contribution in [0, 0.1) is 12.3 Å². The quantitative estimate of drug-likeness (QED) is 0.797. The van der Waals surface area contributed by atoms with Crippen molar-refractivity contribution in [1.82, 2.24) is 9.47 Å². The lowest BCUT2D eigenvalue weighted by Gasteiger charge is -2.56. The molecule has 1 amide bonds. The Balaban J connectivity index is 1.34. The predicted molar refractivity (Wildman–Crippen MR) is 107 cm³/mol. The number of rotatable bonds is 6. The Morgan fingerprint density at radius 1 is 1.29 bits per heavy atom. The molecule has 2 N–H and O–H groups in total. The van der Waals surface area contributed by atoms with Crippen molar-refractivity contribution in [1.29, 1.82) is 0 Å². The van der Waals surface area contributed by atoms with Gasteiger partial charge in [-0.05, 0) is 37.3 Å². The number of aliphatic hydroxyl groups is 2. The van der Waals surface area contributed by atoms with Crippen molar-refractivity contribution in [3.05, 3.63) is 36.0 Å². The number of amides is 1. The van der Waals surface area contributed by atoms with Gasteiger partial charge in [0.2, 0.25) is 5.91 Å². The van der Waals surface area contributed by atoms with E-state index in [0.717, 1.165) is 12.8 Å². The molecule has 1 saturated heterocycles. The van der Waals surface area contributed by atoms with Crippen LogP contribution in [0.3, 0.4) is 0 Å². The second kappa shape index (κ2) is 7.85. The van der Waals surface area contributed by atoms with Crippen LogP contribution in [0.2, 0.25) is 0 Å². The van der Waals surface area contributed by atoms with Gasteiger partial charge in [-0.25, -0.2) is 0 Å². The number of para-hydroxylation sites is 1. The van der Waals surface area contributed by atoms with E-state index in [9.17, 15) is 9.90 Å². The van der Waals surface area contributed by atoms with E-state index in [2.05, 4.69) is 29.7 Å². The van der Waals surface area contributed by atoms with Gasteiger partial charge in [0, 0.05) is 49.1 Å². The van der Waals surface area contributed by atoms with E-state index >= 15 is 0 Å². The molecular weight excluding hydrogens is 356 g/mol. The van der Waals surface area contributed by atoms with Gasteiger partial charge in [0.1, 0.15) is 0 Å². The first kappa shape index (κ1) is 19.4. The highest BCUT2D eigenvalue weighted by Gasteiger charge is 2.56. The minimum atomic E-state index is -0.359. The number of aliphatic hydroxyl groups excluding tert-OH is 2. The molecule has 1 aliphatic heterocycles. The zero-order chi connectivity index (χ0) is 19.7. The number of aryl methyl sites for hydroxylation is 2. The van der Waals surface area contributed by atoms with Crippen LogP contribution in [-0.4, -0.2) is 64.1 Å². The molecule has 2 aliphatic rings. The van der Waals surface area contributed by atoms with E-state index in [0.29, 0.717) is 39.1 Å². The first-order chi connectivity index (χ1) is 13.5. The molecule has 2 heterocycles.